The van der Waals surface area contributed by atoms with E-state index in [0.29, 0.717) is 5.69 Å². The van der Waals surface area contributed by atoms with Gasteiger partial charge >= 0.3 is 12.1 Å². The number of nitrogens with zero attached hydrogens (tertiary/aromatic N) is 1. The molecule has 2 amide bonds. The van der Waals surface area contributed by atoms with Gasteiger partial charge in [0.05, 0.1) is 5.69 Å². The summed E-state index contributed by atoms with van der Waals surface area (Å²) in [4.78, 5) is 23.9. The number of carbonyl (C=O) groups is 2. The van der Waals surface area contributed by atoms with Gasteiger partial charge in [0.15, 0.2) is 6.61 Å². The van der Waals surface area contributed by atoms with Crippen LogP contribution in [0.25, 0.3) is 0 Å². The van der Waals surface area contributed by atoms with Gasteiger partial charge < -0.3 is 15.0 Å². The van der Waals surface area contributed by atoms with Crippen molar-refractivity contribution in [3.05, 3.63) is 30.9 Å². The zero-order chi connectivity index (χ0) is 15.6. The molecular formula is C13H11F3N2O3. The Morgan fingerprint density at radius 3 is 2.81 bits per heavy atom. The van der Waals surface area contributed by atoms with Gasteiger partial charge in [0.1, 0.15) is 5.75 Å². The van der Waals surface area contributed by atoms with Crippen LogP contribution in [0.15, 0.2) is 30.9 Å². The highest BCUT2D eigenvalue weighted by Crippen LogP contribution is 2.34. The highest BCUT2D eigenvalue weighted by atomic mass is 19.4. The Morgan fingerprint density at radius 2 is 2.19 bits per heavy atom. The van der Waals surface area contributed by atoms with Crippen molar-refractivity contribution < 1.29 is 27.5 Å². The van der Waals surface area contributed by atoms with Crippen LogP contribution in [0, 0.1) is 0 Å². The number of anilines is 2. The molecule has 2 rings (SSSR count). The number of alkyl halides is 3. The van der Waals surface area contributed by atoms with Crippen LogP contribution in [-0.2, 0) is 9.59 Å². The molecule has 0 aromatic heterocycles. The number of fused-ring (bicyclic) bond motifs is 1. The van der Waals surface area contributed by atoms with Gasteiger partial charge in [-0.15, -0.1) is 6.58 Å². The summed E-state index contributed by atoms with van der Waals surface area (Å²) < 4.78 is 41.7. The number of nitrogens with one attached hydrogen (secondary N) is 1. The molecule has 1 heterocycles. The first kappa shape index (κ1) is 14.9. The smallest absolute Gasteiger partial charge is 0.471 e. The van der Waals surface area contributed by atoms with E-state index in [2.05, 4.69) is 6.58 Å². The molecule has 5 nitrogen and oxygen atoms in total. The monoisotopic (exact) mass is 300 g/mol. The first-order valence-electron chi connectivity index (χ1n) is 5.89. The van der Waals surface area contributed by atoms with Crippen LogP contribution in [0.1, 0.15) is 0 Å². The Morgan fingerprint density at radius 1 is 1.48 bits per heavy atom. The molecule has 0 saturated carbocycles. The molecule has 1 aromatic rings. The summed E-state index contributed by atoms with van der Waals surface area (Å²) in [7, 11) is 0. The maximum absolute atomic E-state index is 12.2. The minimum absolute atomic E-state index is 0.0658. The number of rotatable bonds is 3. The number of benzene rings is 1. The van der Waals surface area contributed by atoms with Crippen molar-refractivity contribution in [3.63, 3.8) is 0 Å². The van der Waals surface area contributed by atoms with Crippen LogP contribution in [0.4, 0.5) is 24.5 Å². The lowest BCUT2D eigenvalue weighted by Crippen LogP contribution is -2.38. The second-order valence-electron chi connectivity index (χ2n) is 4.22. The first-order chi connectivity index (χ1) is 9.82. The second-order valence-corrected chi connectivity index (χ2v) is 4.22. The van der Waals surface area contributed by atoms with Crippen LogP contribution in [0.3, 0.4) is 0 Å². The van der Waals surface area contributed by atoms with Crippen molar-refractivity contribution in [1.82, 2.24) is 0 Å². The molecule has 0 fully saturated rings. The van der Waals surface area contributed by atoms with Crippen LogP contribution in [0.5, 0.6) is 5.75 Å². The third-order valence-corrected chi connectivity index (χ3v) is 2.73. The molecule has 1 aromatic carbocycles. The van der Waals surface area contributed by atoms with Gasteiger partial charge in [-0.2, -0.15) is 13.2 Å². The van der Waals surface area contributed by atoms with E-state index >= 15 is 0 Å². The number of amides is 2. The summed E-state index contributed by atoms with van der Waals surface area (Å²) in [5.41, 5.74) is 0.347. The van der Waals surface area contributed by atoms with Crippen molar-refractivity contribution in [2.75, 3.05) is 23.4 Å². The van der Waals surface area contributed by atoms with Crippen molar-refractivity contribution in [2.45, 2.75) is 6.18 Å². The predicted octanol–water partition coefficient (Wildman–Crippen LogP) is 2.10. The largest absolute Gasteiger partial charge is 0.481 e. The van der Waals surface area contributed by atoms with Gasteiger partial charge in [0.2, 0.25) is 0 Å². The summed E-state index contributed by atoms with van der Waals surface area (Å²) in [6.07, 6.45) is -3.45. The average Bonchev–Trinajstić information content (AvgIpc) is 2.41. The molecule has 1 aliphatic rings. The van der Waals surface area contributed by atoms with E-state index in [1.54, 1.807) is 5.32 Å². The molecule has 112 valence electrons. The van der Waals surface area contributed by atoms with Crippen LogP contribution in [0.2, 0.25) is 0 Å². The molecule has 0 saturated heterocycles. The Bertz CT molecular complexity index is 599. The molecule has 1 N–H and O–H groups in total. The predicted molar refractivity (Wildman–Crippen MR) is 69.2 cm³/mol. The zero-order valence-electron chi connectivity index (χ0n) is 10.7. The normalized spacial score (nSPS) is 14.2. The summed E-state index contributed by atoms with van der Waals surface area (Å²) in [6, 6.07) is 3.91. The summed E-state index contributed by atoms with van der Waals surface area (Å²) in [6.45, 7) is 3.56. The molecule has 8 heteroatoms. The number of hydrogen-bond acceptors (Lipinski definition) is 3. The molecular weight excluding hydrogens is 289 g/mol. The summed E-state index contributed by atoms with van der Waals surface area (Å²) in [5.74, 6) is -2.14. The van der Waals surface area contributed by atoms with E-state index in [-0.39, 0.29) is 30.5 Å². The Hall–Kier alpha value is -2.51. The number of hydrogen-bond donors (Lipinski definition) is 1. The van der Waals surface area contributed by atoms with Gasteiger partial charge in [-0.1, -0.05) is 6.08 Å². The Balaban J connectivity index is 2.26. The van der Waals surface area contributed by atoms with Crippen molar-refractivity contribution in [1.29, 1.82) is 0 Å². The average molecular weight is 300 g/mol. The Labute approximate surface area is 118 Å². The van der Waals surface area contributed by atoms with E-state index in [1.807, 2.05) is 0 Å². The third-order valence-electron chi connectivity index (χ3n) is 2.73. The van der Waals surface area contributed by atoms with Gasteiger partial charge in [-0.3, -0.25) is 9.59 Å². The molecule has 21 heavy (non-hydrogen) atoms. The maximum Gasteiger partial charge on any atom is 0.471 e. The number of halogens is 3. The highest BCUT2D eigenvalue weighted by molar-refractivity contribution is 5.99. The van der Waals surface area contributed by atoms with Crippen LogP contribution in [-0.4, -0.2) is 31.1 Å². The van der Waals surface area contributed by atoms with E-state index in [0.717, 1.165) is 0 Å². The first-order valence-corrected chi connectivity index (χ1v) is 5.89. The fraction of sp³-hybridized carbons (Fsp3) is 0.231. The fourth-order valence-corrected chi connectivity index (χ4v) is 1.81. The quantitative estimate of drug-likeness (QED) is 0.870. The highest BCUT2D eigenvalue weighted by Gasteiger charge is 2.38. The van der Waals surface area contributed by atoms with E-state index < -0.39 is 12.1 Å². The van der Waals surface area contributed by atoms with Crippen molar-refractivity contribution >= 4 is 23.2 Å². The molecule has 0 radical (unpaired) electrons. The molecule has 0 unspecified atom stereocenters. The molecule has 0 bridgehead atoms. The van der Waals surface area contributed by atoms with Crippen LogP contribution >= 0.6 is 0 Å². The number of ether oxygens (including phenoxy) is 1. The van der Waals surface area contributed by atoms with Crippen molar-refractivity contribution in [3.8, 4) is 5.75 Å². The topological polar surface area (TPSA) is 58.6 Å². The van der Waals surface area contributed by atoms with Crippen LogP contribution < -0.4 is 15.0 Å². The van der Waals surface area contributed by atoms with Gasteiger partial charge in [0, 0.05) is 18.3 Å². The Kier molecular flexibility index (Phi) is 3.88. The minimum Gasteiger partial charge on any atom is -0.481 e. The third kappa shape index (κ3) is 3.15. The van der Waals surface area contributed by atoms with Gasteiger partial charge in [0.25, 0.3) is 5.91 Å². The summed E-state index contributed by atoms with van der Waals surface area (Å²) in [5, 5.41) is 1.72. The lowest BCUT2D eigenvalue weighted by atomic mass is 10.2. The van der Waals surface area contributed by atoms with E-state index in [4.69, 9.17) is 4.74 Å². The molecule has 0 atom stereocenters. The summed E-state index contributed by atoms with van der Waals surface area (Å²) >= 11 is 0. The molecule has 1 aliphatic heterocycles. The van der Waals surface area contributed by atoms with Gasteiger partial charge in [-0.05, 0) is 12.1 Å². The van der Waals surface area contributed by atoms with Crippen molar-refractivity contribution in [2.24, 2.45) is 0 Å². The zero-order valence-corrected chi connectivity index (χ0v) is 10.7. The fourth-order valence-electron chi connectivity index (χ4n) is 1.81. The lowest BCUT2D eigenvalue weighted by molar-refractivity contribution is -0.167. The lowest BCUT2D eigenvalue weighted by Gasteiger charge is -2.28. The second kappa shape index (κ2) is 5.47. The minimum atomic E-state index is -4.97. The van der Waals surface area contributed by atoms with Gasteiger partial charge in [-0.25, -0.2) is 0 Å². The number of carbonyl (C=O) groups excluding carboxylic acids is 2. The van der Waals surface area contributed by atoms with E-state index in [1.165, 1.54) is 29.2 Å². The maximum atomic E-state index is 12.2. The SMILES string of the molecule is C=CCN1C(=O)COc2cc(NC(=O)C(F)(F)F)ccc21. The molecule has 0 spiro atoms. The van der Waals surface area contributed by atoms with E-state index in [9.17, 15) is 22.8 Å². The standard InChI is InChI=1S/C13H11F3N2O3/c1-2-5-18-9-4-3-8(17-12(20)13(14,15)16)6-10(9)21-7-11(18)19/h2-4,6H,1,5,7H2,(H,17,20). The molecule has 0 aliphatic carbocycles.